The second-order valence-corrected chi connectivity index (χ2v) is 8.12. The lowest BCUT2D eigenvalue weighted by atomic mass is 10.1. The Kier molecular flexibility index (Phi) is 7.11. The molecule has 1 atom stereocenters. The summed E-state index contributed by atoms with van der Waals surface area (Å²) >= 11 is 0. The minimum absolute atomic E-state index is 0.0371. The van der Waals surface area contributed by atoms with Crippen LogP contribution in [0.1, 0.15) is 11.1 Å². The number of rotatable bonds is 8. The minimum atomic E-state index is -4.85. The molecule has 0 aliphatic rings. The second kappa shape index (κ2) is 8.96. The van der Waals surface area contributed by atoms with Gasteiger partial charge < -0.3 is 9.05 Å². The topological polar surface area (TPSA) is 180 Å². The minimum Gasteiger partial charge on any atom is -0.404 e. The molecule has 0 saturated carbocycles. The SMILES string of the molecule is O=[P+](O)Oc1cc(/C=C/c2ccc(OP(=O)(O)O)cc2)cc(OP(=O)(O)O)c1. The van der Waals surface area contributed by atoms with Gasteiger partial charge in [-0.1, -0.05) is 24.3 Å². The van der Waals surface area contributed by atoms with Crippen molar-refractivity contribution < 1.29 is 51.7 Å². The summed E-state index contributed by atoms with van der Waals surface area (Å²) in [5, 5.41) is 0. The predicted octanol–water partition coefficient (Wildman–Crippen LogP) is 2.83. The maximum atomic E-state index is 11.0. The molecule has 14 heteroatoms. The van der Waals surface area contributed by atoms with E-state index in [4.69, 9.17) is 24.5 Å². The Labute approximate surface area is 159 Å². The average Bonchev–Trinajstić information content (AvgIpc) is 2.50. The molecule has 0 bridgehead atoms. The third-order valence-electron chi connectivity index (χ3n) is 2.88. The summed E-state index contributed by atoms with van der Waals surface area (Å²) < 4.78 is 46.1. The van der Waals surface area contributed by atoms with Crippen molar-refractivity contribution in [3.63, 3.8) is 0 Å². The first-order valence-corrected chi connectivity index (χ1v) is 11.4. The fourth-order valence-electron chi connectivity index (χ4n) is 1.99. The van der Waals surface area contributed by atoms with Crippen LogP contribution in [0.15, 0.2) is 42.5 Å². The normalized spacial score (nSPS) is 12.7. The van der Waals surface area contributed by atoms with Crippen LogP contribution < -0.4 is 13.6 Å². The van der Waals surface area contributed by atoms with E-state index >= 15 is 0 Å². The van der Waals surface area contributed by atoms with Crippen LogP contribution in [0.4, 0.5) is 0 Å². The Hall–Kier alpha value is -2.06. The Morgan fingerprint density at radius 3 is 1.79 bits per heavy atom. The van der Waals surface area contributed by atoms with Crippen molar-refractivity contribution in [1.29, 1.82) is 0 Å². The smallest absolute Gasteiger partial charge is 0.404 e. The maximum Gasteiger partial charge on any atom is 0.747 e. The Morgan fingerprint density at radius 2 is 1.25 bits per heavy atom. The highest BCUT2D eigenvalue weighted by molar-refractivity contribution is 7.47. The summed E-state index contributed by atoms with van der Waals surface area (Å²) in [4.78, 5) is 44.1. The molecule has 2 aromatic carbocycles. The Balaban J connectivity index is 2.25. The number of hydrogen-bond acceptors (Lipinski definition) is 6. The van der Waals surface area contributed by atoms with Crippen molar-refractivity contribution in [2.24, 2.45) is 0 Å². The van der Waals surface area contributed by atoms with E-state index in [-0.39, 0.29) is 17.2 Å². The van der Waals surface area contributed by atoms with Crippen LogP contribution in [0, 0.1) is 0 Å². The summed E-state index contributed by atoms with van der Waals surface area (Å²) in [6.07, 6.45) is 3.04. The quantitative estimate of drug-likeness (QED) is 0.294. The van der Waals surface area contributed by atoms with Gasteiger partial charge in [-0.2, -0.15) is 0 Å². The first-order valence-electron chi connectivity index (χ1n) is 7.17. The van der Waals surface area contributed by atoms with Crippen LogP contribution in [0.25, 0.3) is 12.2 Å². The number of hydrogen-bond donors (Lipinski definition) is 5. The maximum absolute atomic E-state index is 11.0. The lowest BCUT2D eigenvalue weighted by molar-refractivity contribution is 0.280. The standard InChI is InChI=1S/C14H13O11P3/c15-26(16)23-13-7-11(8-14(9-13)25-28(20,21)22)2-1-10-3-5-12(6-4-10)24-27(17,18)19/h1-9H,(H4-,15,16,17,18,19,20,21,22)/p+1/b2-1+. The lowest BCUT2D eigenvalue weighted by Crippen LogP contribution is -1.92. The molecule has 1 unspecified atom stereocenters. The summed E-state index contributed by atoms with van der Waals surface area (Å²) in [7, 11) is -12.5. The molecular formula is C14H14O11P3+. The summed E-state index contributed by atoms with van der Waals surface area (Å²) in [5.74, 6) is -0.475. The van der Waals surface area contributed by atoms with Gasteiger partial charge >= 0.3 is 23.9 Å². The molecule has 150 valence electrons. The zero-order chi connectivity index (χ0) is 20.9. The molecule has 0 aliphatic carbocycles. The van der Waals surface area contributed by atoms with E-state index in [9.17, 15) is 13.7 Å². The van der Waals surface area contributed by atoms with Crippen LogP contribution in [0.3, 0.4) is 0 Å². The summed E-state index contributed by atoms with van der Waals surface area (Å²) in [6, 6.07) is 9.29. The third kappa shape index (κ3) is 8.31. The van der Waals surface area contributed by atoms with Gasteiger partial charge in [-0.05, 0) is 35.4 Å². The molecule has 2 rings (SSSR count). The summed E-state index contributed by atoms with van der Waals surface area (Å²) in [5.41, 5.74) is 0.920. The van der Waals surface area contributed by atoms with E-state index in [2.05, 4.69) is 13.6 Å². The predicted molar refractivity (Wildman–Crippen MR) is 97.6 cm³/mol. The van der Waals surface area contributed by atoms with Gasteiger partial charge in [0.25, 0.3) is 0 Å². The second-order valence-electron chi connectivity index (χ2n) is 5.13. The average molecular weight is 451 g/mol. The third-order valence-corrected chi connectivity index (χ3v) is 4.15. The van der Waals surface area contributed by atoms with E-state index in [1.54, 1.807) is 6.08 Å². The molecular weight excluding hydrogens is 437 g/mol. The molecule has 28 heavy (non-hydrogen) atoms. The molecule has 0 fully saturated rings. The molecule has 0 amide bonds. The van der Waals surface area contributed by atoms with Gasteiger partial charge in [0, 0.05) is 10.6 Å². The molecule has 0 heterocycles. The molecule has 2 aromatic rings. The van der Waals surface area contributed by atoms with Crippen LogP contribution in [-0.4, -0.2) is 24.5 Å². The first-order chi connectivity index (χ1) is 12.9. The lowest BCUT2D eigenvalue weighted by Gasteiger charge is -2.08. The van der Waals surface area contributed by atoms with Gasteiger partial charge in [0.1, 0.15) is 11.5 Å². The van der Waals surface area contributed by atoms with Crippen LogP contribution in [0.2, 0.25) is 0 Å². The van der Waals surface area contributed by atoms with Gasteiger partial charge in [0.05, 0.1) is 0 Å². The molecule has 0 aliphatic heterocycles. The van der Waals surface area contributed by atoms with Gasteiger partial charge in [-0.3, -0.25) is 19.6 Å². The monoisotopic (exact) mass is 451 g/mol. The molecule has 5 N–H and O–H groups in total. The van der Waals surface area contributed by atoms with Crippen molar-refractivity contribution in [2.45, 2.75) is 0 Å². The first kappa shape index (κ1) is 22.2. The highest BCUT2D eigenvalue weighted by Gasteiger charge is 2.20. The van der Waals surface area contributed by atoms with Crippen molar-refractivity contribution in [3.05, 3.63) is 53.6 Å². The molecule has 0 aromatic heterocycles. The van der Waals surface area contributed by atoms with Gasteiger partial charge in [0.15, 0.2) is 5.75 Å². The van der Waals surface area contributed by atoms with Crippen LogP contribution in [-0.2, 0) is 13.7 Å². The highest BCUT2D eigenvalue weighted by atomic mass is 31.2. The Bertz CT molecular complexity index is 975. The van der Waals surface area contributed by atoms with E-state index in [0.717, 1.165) is 6.07 Å². The number of benzene rings is 2. The van der Waals surface area contributed by atoms with Crippen molar-refractivity contribution in [2.75, 3.05) is 0 Å². The molecule has 0 radical (unpaired) electrons. The van der Waals surface area contributed by atoms with Gasteiger partial charge in [-0.15, -0.1) is 4.89 Å². The van der Waals surface area contributed by atoms with E-state index < -0.39 is 23.9 Å². The zero-order valence-electron chi connectivity index (χ0n) is 13.7. The van der Waals surface area contributed by atoms with E-state index in [1.165, 1.54) is 42.5 Å². The molecule has 11 nitrogen and oxygen atoms in total. The van der Waals surface area contributed by atoms with Crippen molar-refractivity contribution >= 4 is 36.1 Å². The Morgan fingerprint density at radius 1 is 0.750 bits per heavy atom. The van der Waals surface area contributed by atoms with Crippen LogP contribution >= 0.6 is 23.9 Å². The van der Waals surface area contributed by atoms with E-state index in [1.807, 2.05) is 0 Å². The number of phosphoric acid groups is 2. The zero-order valence-corrected chi connectivity index (χ0v) is 16.4. The number of phosphoric ester groups is 2. The van der Waals surface area contributed by atoms with E-state index in [0.29, 0.717) is 11.1 Å². The summed E-state index contributed by atoms with van der Waals surface area (Å²) in [6.45, 7) is 0. The largest absolute Gasteiger partial charge is 0.747 e. The van der Waals surface area contributed by atoms with Gasteiger partial charge in [-0.25, -0.2) is 13.7 Å². The highest BCUT2D eigenvalue weighted by Crippen LogP contribution is 2.40. The van der Waals surface area contributed by atoms with Crippen molar-refractivity contribution in [1.82, 2.24) is 0 Å². The van der Waals surface area contributed by atoms with Crippen molar-refractivity contribution in [3.8, 4) is 17.2 Å². The molecule has 0 spiro atoms. The van der Waals surface area contributed by atoms with Gasteiger partial charge in [0.2, 0.25) is 0 Å². The molecule has 0 saturated heterocycles. The fourth-order valence-corrected chi connectivity index (χ4v) is 3.05. The van der Waals surface area contributed by atoms with Crippen LogP contribution in [0.5, 0.6) is 17.2 Å². The fraction of sp³-hybridized carbons (Fsp3) is 0.